The molecule has 0 amide bonds. The van der Waals surface area contributed by atoms with E-state index in [9.17, 15) is 5.11 Å². The van der Waals surface area contributed by atoms with E-state index in [1.807, 2.05) is 6.20 Å². The first kappa shape index (κ1) is 12.2. The monoisotopic (exact) mass is 213 g/mol. The molecular formula is C10H19N3O2. The molecule has 0 spiro atoms. The summed E-state index contributed by atoms with van der Waals surface area (Å²) in [7, 11) is 1.58. The number of aryl methyl sites for hydroxylation is 1. The van der Waals surface area contributed by atoms with E-state index in [2.05, 4.69) is 21.8 Å². The summed E-state index contributed by atoms with van der Waals surface area (Å²) < 4.78 is 6.89. The van der Waals surface area contributed by atoms with Gasteiger partial charge >= 0.3 is 0 Å². The number of methoxy groups -OCH3 is 1. The van der Waals surface area contributed by atoms with Crippen molar-refractivity contribution in [1.29, 1.82) is 0 Å². The van der Waals surface area contributed by atoms with Crippen LogP contribution in [0.5, 0.6) is 0 Å². The number of rotatable bonds is 7. The summed E-state index contributed by atoms with van der Waals surface area (Å²) in [5, 5.41) is 12.5. The molecule has 0 bridgehead atoms. The van der Waals surface area contributed by atoms with Gasteiger partial charge < -0.3 is 19.7 Å². The normalized spacial score (nSPS) is 13.0. The van der Waals surface area contributed by atoms with Crippen LogP contribution in [0, 0.1) is 0 Å². The Morgan fingerprint density at radius 3 is 3.13 bits per heavy atom. The number of nitrogens with one attached hydrogen (secondary N) is 1. The zero-order valence-corrected chi connectivity index (χ0v) is 9.31. The number of nitrogens with zero attached hydrogens (tertiary/aromatic N) is 2. The minimum atomic E-state index is -0.458. The molecule has 2 N–H and O–H groups in total. The first-order valence-electron chi connectivity index (χ1n) is 5.15. The fourth-order valence-corrected chi connectivity index (χ4v) is 1.40. The smallest absolute Gasteiger partial charge is 0.122 e. The Morgan fingerprint density at radius 2 is 2.47 bits per heavy atom. The first-order chi connectivity index (χ1) is 7.27. The van der Waals surface area contributed by atoms with E-state index in [0.29, 0.717) is 19.7 Å². The number of aliphatic hydroxyl groups excluding tert-OH is 1. The molecule has 1 aromatic rings. The van der Waals surface area contributed by atoms with E-state index in [-0.39, 0.29) is 0 Å². The quantitative estimate of drug-likeness (QED) is 0.669. The summed E-state index contributed by atoms with van der Waals surface area (Å²) in [6.07, 6.45) is 3.27. The van der Waals surface area contributed by atoms with Crippen LogP contribution in [0.1, 0.15) is 12.7 Å². The molecule has 0 saturated carbocycles. The second-order valence-electron chi connectivity index (χ2n) is 3.37. The molecule has 1 unspecified atom stereocenters. The highest BCUT2D eigenvalue weighted by Crippen LogP contribution is 1.96. The molecular weight excluding hydrogens is 194 g/mol. The first-order valence-corrected chi connectivity index (χ1v) is 5.15. The van der Waals surface area contributed by atoms with Gasteiger partial charge in [0.05, 0.1) is 19.3 Å². The van der Waals surface area contributed by atoms with Crippen LogP contribution in [0.15, 0.2) is 12.4 Å². The maximum Gasteiger partial charge on any atom is 0.122 e. The molecule has 0 aliphatic heterocycles. The lowest BCUT2D eigenvalue weighted by molar-refractivity contribution is 0.0642. The number of aliphatic hydroxyl groups is 1. The number of ether oxygens (including phenoxy) is 1. The zero-order valence-electron chi connectivity index (χ0n) is 9.31. The minimum Gasteiger partial charge on any atom is -0.389 e. The molecule has 1 heterocycles. The van der Waals surface area contributed by atoms with Gasteiger partial charge in [0, 0.05) is 32.6 Å². The molecule has 0 saturated heterocycles. The van der Waals surface area contributed by atoms with Crippen molar-refractivity contribution in [3.8, 4) is 0 Å². The van der Waals surface area contributed by atoms with Crippen molar-refractivity contribution >= 4 is 0 Å². The highest BCUT2D eigenvalue weighted by Gasteiger charge is 2.04. The van der Waals surface area contributed by atoms with Crippen molar-refractivity contribution in [3.63, 3.8) is 0 Å². The van der Waals surface area contributed by atoms with Gasteiger partial charge in [0.1, 0.15) is 5.82 Å². The third-order valence-electron chi connectivity index (χ3n) is 2.16. The average molecular weight is 213 g/mol. The molecule has 0 aliphatic rings. The van der Waals surface area contributed by atoms with Gasteiger partial charge in [0.25, 0.3) is 0 Å². The van der Waals surface area contributed by atoms with Crippen LogP contribution in [0.4, 0.5) is 0 Å². The molecule has 0 aliphatic carbocycles. The van der Waals surface area contributed by atoms with E-state index in [0.717, 1.165) is 12.4 Å². The molecule has 0 radical (unpaired) electrons. The SMILES string of the molecule is CCn1ccnc1CNCC(O)COC. The van der Waals surface area contributed by atoms with Gasteiger partial charge in [-0.05, 0) is 6.92 Å². The lowest BCUT2D eigenvalue weighted by Crippen LogP contribution is -2.30. The van der Waals surface area contributed by atoms with Crippen LogP contribution in [0.3, 0.4) is 0 Å². The van der Waals surface area contributed by atoms with Gasteiger partial charge in [-0.3, -0.25) is 0 Å². The van der Waals surface area contributed by atoms with Crippen LogP contribution in [0.2, 0.25) is 0 Å². The zero-order chi connectivity index (χ0) is 11.1. The molecule has 15 heavy (non-hydrogen) atoms. The Bertz CT molecular complexity index is 275. The van der Waals surface area contributed by atoms with Crippen LogP contribution in [0.25, 0.3) is 0 Å². The highest BCUT2D eigenvalue weighted by molar-refractivity contribution is 4.91. The van der Waals surface area contributed by atoms with Crippen molar-refractivity contribution < 1.29 is 9.84 Å². The summed E-state index contributed by atoms with van der Waals surface area (Å²) in [5.41, 5.74) is 0. The minimum absolute atomic E-state index is 0.356. The predicted molar refractivity (Wildman–Crippen MR) is 57.5 cm³/mol. The topological polar surface area (TPSA) is 59.3 Å². The summed E-state index contributed by atoms with van der Waals surface area (Å²) in [6.45, 7) is 4.53. The van der Waals surface area contributed by atoms with E-state index < -0.39 is 6.10 Å². The third kappa shape index (κ3) is 3.99. The van der Waals surface area contributed by atoms with Gasteiger partial charge in [-0.25, -0.2) is 4.98 Å². The van der Waals surface area contributed by atoms with Crippen molar-refractivity contribution in [2.75, 3.05) is 20.3 Å². The maximum absolute atomic E-state index is 9.39. The Morgan fingerprint density at radius 1 is 1.67 bits per heavy atom. The van der Waals surface area contributed by atoms with Gasteiger partial charge in [0.2, 0.25) is 0 Å². The Labute approximate surface area is 90.1 Å². The second-order valence-corrected chi connectivity index (χ2v) is 3.37. The van der Waals surface area contributed by atoms with Crippen molar-refractivity contribution in [1.82, 2.24) is 14.9 Å². The van der Waals surface area contributed by atoms with Crippen molar-refractivity contribution in [2.45, 2.75) is 26.1 Å². The van der Waals surface area contributed by atoms with E-state index in [1.54, 1.807) is 13.3 Å². The highest BCUT2D eigenvalue weighted by atomic mass is 16.5. The molecule has 86 valence electrons. The molecule has 1 aromatic heterocycles. The molecule has 1 rings (SSSR count). The fraction of sp³-hybridized carbons (Fsp3) is 0.700. The summed E-state index contributed by atoms with van der Waals surface area (Å²) in [5.74, 6) is 0.988. The van der Waals surface area contributed by atoms with E-state index in [4.69, 9.17) is 4.74 Å². The standard InChI is InChI=1S/C10H19N3O2/c1-3-13-5-4-12-10(13)7-11-6-9(14)8-15-2/h4-5,9,11,14H,3,6-8H2,1-2H3. The molecule has 0 aromatic carbocycles. The van der Waals surface area contributed by atoms with Crippen LogP contribution in [-0.2, 0) is 17.8 Å². The Kier molecular flexibility index (Phi) is 5.31. The molecule has 1 atom stereocenters. The van der Waals surface area contributed by atoms with Crippen LogP contribution < -0.4 is 5.32 Å². The maximum atomic E-state index is 9.39. The molecule has 0 fully saturated rings. The summed E-state index contributed by atoms with van der Waals surface area (Å²) in [4.78, 5) is 4.22. The third-order valence-corrected chi connectivity index (χ3v) is 2.16. The van der Waals surface area contributed by atoms with E-state index in [1.165, 1.54) is 0 Å². The summed E-state index contributed by atoms with van der Waals surface area (Å²) in [6, 6.07) is 0. The largest absolute Gasteiger partial charge is 0.389 e. The van der Waals surface area contributed by atoms with Crippen molar-refractivity contribution in [2.24, 2.45) is 0 Å². The number of imidazole rings is 1. The second kappa shape index (κ2) is 6.55. The van der Waals surface area contributed by atoms with Crippen molar-refractivity contribution in [3.05, 3.63) is 18.2 Å². The lowest BCUT2D eigenvalue weighted by Gasteiger charge is -2.11. The van der Waals surface area contributed by atoms with Gasteiger partial charge in [-0.1, -0.05) is 0 Å². The van der Waals surface area contributed by atoms with E-state index >= 15 is 0 Å². The van der Waals surface area contributed by atoms with Crippen LogP contribution in [-0.4, -0.2) is 41.0 Å². The van der Waals surface area contributed by atoms with Gasteiger partial charge in [-0.2, -0.15) is 0 Å². The Hall–Kier alpha value is -0.910. The number of aromatic nitrogens is 2. The Balaban J connectivity index is 2.25. The molecule has 5 nitrogen and oxygen atoms in total. The average Bonchev–Trinajstić information content (AvgIpc) is 2.66. The molecule has 5 heteroatoms. The number of hydrogen-bond donors (Lipinski definition) is 2. The fourth-order valence-electron chi connectivity index (χ4n) is 1.40. The van der Waals surface area contributed by atoms with Crippen LogP contribution >= 0.6 is 0 Å². The van der Waals surface area contributed by atoms with Gasteiger partial charge in [-0.15, -0.1) is 0 Å². The number of hydrogen-bond acceptors (Lipinski definition) is 4. The summed E-state index contributed by atoms with van der Waals surface area (Å²) >= 11 is 0. The van der Waals surface area contributed by atoms with Gasteiger partial charge in [0.15, 0.2) is 0 Å². The predicted octanol–water partition coefficient (Wildman–Crippen LogP) is -0.000100. The lowest BCUT2D eigenvalue weighted by atomic mass is 10.4.